The van der Waals surface area contributed by atoms with Crippen LogP contribution in [-0.4, -0.2) is 24.2 Å². The maximum absolute atomic E-state index is 5.76. The molecule has 0 radical (unpaired) electrons. The van der Waals surface area contributed by atoms with Gasteiger partial charge in [0.1, 0.15) is 13.2 Å². The summed E-state index contributed by atoms with van der Waals surface area (Å²) in [4.78, 5) is 0. The van der Waals surface area contributed by atoms with E-state index in [1.807, 2.05) is 17.8 Å². The highest BCUT2D eigenvalue weighted by molar-refractivity contribution is 7.99. The number of hydrogen-bond acceptors (Lipinski definition) is 5. The summed E-state index contributed by atoms with van der Waals surface area (Å²) in [7, 11) is 0. The molecule has 1 aromatic rings. The van der Waals surface area contributed by atoms with Crippen molar-refractivity contribution in [2.24, 2.45) is 5.84 Å². The first kappa shape index (κ1) is 15.0. The molecule has 1 aliphatic heterocycles. The Morgan fingerprint density at radius 2 is 1.90 bits per heavy atom. The van der Waals surface area contributed by atoms with E-state index < -0.39 is 0 Å². The minimum Gasteiger partial charge on any atom is -0.486 e. The van der Waals surface area contributed by atoms with Crippen LogP contribution in [-0.2, 0) is 0 Å². The highest BCUT2D eigenvalue weighted by Crippen LogP contribution is 2.35. The van der Waals surface area contributed by atoms with Crippen molar-refractivity contribution >= 4 is 11.8 Å². The van der Waals surface area contributed by atoms with Gasteiger partial charge in [0.2, 0.25) is 0 Å². The lowest BCUT2D eigenvalue weighted by molar-refractivity contribution is 0.171. The van der Waals surface area contributed by atoms with Crippen molar-refractivity contribution in [3.05, 3.63) is 23.8 Å². The van der Waals surface area contributed by atoms with E-state index in [2.05, 4.69) is 17.6 Å². The molecule has 116 valence electrons. The van der Waals surface area contributed by atoms with Gasteiger partial charge >= 0.3 is 0 Å². The van der Waals surface area contributed by atoms with Crippen molar-refractivity contribution in [2.45, 2.75) is 43.4 Å². The molecule has 1 aliphatic carbocycles. The number of hydrogen-bond donors (Lipinski definition) is 2. The third-order valence-corrected chi connectivity index (χ3v) is 5.69. The lowest BCUT2D eigenvalue weighted by Crippen LogP contribution is -2.30. The first-order valence-corrected chi connectivity index (χ1v) is 8.89. The Morgan fingerprint density at radius 3 is 2.67 bits per heavy atom. The monoisotopic (exact) mass is 308 g/mol. The number of hydrazine groups is 1. The molecule has 0 amide bonds. The van der Waals surface area contributed by atoms with E-state index in [0.29, 0.717) is 13.2 Å². The summed E-state index contributed by atoms with van der Waals surface area (Å²) in [5.41, 5.74) is 4.12. The second-order valence-corrected chi connectivity index (χ2v) is 7.05. The molecule has 0 saturated heterocycles. The lowest BCUT2D eigenvalue weighted by Gasteiger charge is -2.25. The Labute approximate surface area is 130 Å². The van der Waals surface area contributed by atoms with Gasteiger partial charge in [-0.1, -0.05) is 25.3 Å². The molecule has 5 heteroatoms. The predicted octanol–water partition coefficient (Wildman–Crippen LogP) is 3.03. The van der Waals surface area contributed by atoms with E-state index in [4.69, 9.17) is 15.3 Å². The third kappa shape index (κ3) is 3.84. The summed E-state index contributed by atoms with van der Waals surface area (Å²) in [5.74, 6) is 8.43. The highest BCUT2D eigenvalue weighted by Gasteiger charge is 2.19. The number of thioether (sulfide) groups is 1. The van der Waals surface area contributed by atoms with Crippen LogP contribution in [0.3, 0.4) is 0 Å². The van der Waals surface area contributed by atoms with Gasteiger partial charge in [-0.05, 0) is 30.5 Å². The molecule has 1 fully saturated rings. The zero-order valence-corrected chi connectivity index (χ0v) is 13.2. The van der Waals surface area contributed by atoms with Crippen LogP contribution in [0.1, 0.15) is 43.7 Å². The molecule has 3 N–H and O–H groups in total. The largest absolute Gasteiger partial charge is 0.486 e. The summed E-state index contributed by atoms with van der Waals surface area (Å²) in [6.07, 6.45) is 6.86. The summed E-state index contributed by atoms with van der Waals surface area (Å²) >= 11 is 2.05. The topological polar surface area (TPSA) is 56.5 Å². The molecule has 0 aromatic heterocycles. The third-order valence-electron chi connectivity index (χ3n) is 4.22. The maximum atomic E-state index is 5.76. The first-order valence-electron chi connectivity index (χ1n) is 7.84. The number of rotatable bonds is 5. The highest BCUT2D eigenvalue weighted by atomic mass is 32.2. The summed E-state index contributed by atoms with van der Waals surface area (Å²) in [6, 6.07) is 6.28. The molecular formula is C16H24N2O2S. The molecule has 1 heterocycles. The number of benzene rings is 1. The van der Waals surface area contributed by atoms with Crippen molar-refractivity contribution in [1.82, 2.24) is 5.43 Å². The SMILES string of the molecule is NNC(CSC1CCCCC1)c1ccc2c(c1)OCCO2. The molecule has 1 unspecified atom stereocenters. The zero-order valence-electron chi connectivity index (χ0n) is 12.3. The molecule has 1 aromatic carbocycles. The Hall–Kier alpha value is -0.910. The summed E-state index contributed by atoms with van der Waals surface area (Å²) in [6.45, 7) is 1.25. The standard InChI is InChI=1S/C16H24N2O2S/c17-18-14(11-21-13-4-2-1-3-5-13)12-6-7-15-16(10-12)20-9-8-19-15/h6-7,10,13-14,18H,1-5,8-9,11,17H2. The number of nitrogens with two attached hydrogens (primary N) is 1. The smallest absolute Gasteiger partial charge is 0.161 e. The summed E-state index contributed by atoms with van der Waals surface area (Å²) in [5, 5.41) is 0.798. The van der Waals surface area contributed by atoms with Crippen LogP contribution in [0.25, 0.3) is 0 Å². The van der Waals surface area contributed by atoms with Crippen molar-refractivity contribution in [2.75, 3.05) is 19.0 Å². The minimum absolute atomic E-state index is 0.160. The van der Waals surface area contributed by atoms with Gasteiger partial charge in [0.15, 0.2) is 11.5 Å². The fraction of sp³-hybridized carbons (Fsp3) is 0.625. The fourth-order valence-electron chi connectivity index (χ4n) is 2.98. The second kappa shape index (κ2) is 7.38. The fourth-order valence-corrected chi connectivity index (χ4v) is 4.40. The lowest BCUT2D eigenvalue weighted by atomic mass is 10.0. The molecule has 4 nitrogen and oxygen atoms in total. The maximum Gasteiger partial charge on any atom is 0.161 e. The Balaban J connectivity index is 1.62. The van der Waals surface area contributed by atoms with Gasteiger partial charge in [-0.3, -0.25) is 11.3 Å². The Morgan fingerprint density at radius 1 is 1.14 bits per heavy atom. The van der Waals surface area contributed by atoms with E-state index in [1.165, 1.54) is 37.7 Å². The molecule has 21 heavy (non-hydrogen) atoms. The quantitative estimate of drug-likeness (QED) is 0.647. The Bertz CT molecular complexity index is 464. The van der Waals surface area contributed by atoms with E-state index in [-0.39, 0.29) is 6.04 Å². The van der Waals surface area contributed by atoms with Crippen molar-refractivity contribution in [3.8, 4) is 11.5 Å². The molecule has 2 aliphatic rings. The molecular weight excluding hydrogens is 284 g/mol. The van der Waals surface area contributed by atoms with Gasteiger partial charge in [0.25, 0.3) is 0 Å². The molecule has 0 spiro atoms. The molecule has 3 rings (SSSR count). The number of ether oxygens (including phenoxy) is 2. The normalized spacial score (nSPS) is 20.2. The summed E-state index contributed by atoms with van der Waals surface area (Å²) < 4.78 is 11.2. The molecule has 1 atom stereocenters. The van der Waals surface area contributed by atoms with Gasteiger partial charge in [0, 0.05) is 11.0 Å². The van der Waals surface area contributed by atoms with E-state index >= 15 is 0 Å². The van der Waals surface area contributed by atoms with Crippen LogP contribution in [0, 0.1) is 0 Å². The average molecular weight is 308 g/mol. The first-order chi connectivity index (χ1) is 10.4. The zero-order chi connectivity index (χ0) is 14.5. The van der Waals surface area contributed by atoms with Crippen molar-refractivity contribution < 1.29 is 9.47 Å². The van der Waals surface area contributed by atoms with Crippen LogP contribution in [0.4, 0.5) is 0 Å². The van der Waals surface area contributed by atoms with Gasteiger partial charge in [0.05, 0.1) is 6.04 Å². The van der Waals surface area contributed by atoms with Crippen LogP contribution < -0.4 is 20.7 Å². The van der Waals surface area contributed by atoms with Crippen LogP contribution in [0.15, 0.2) is 18.2 Å². The van der Waals surface area contributed by atoms with Crippen molar-refractivity contribution in [3.63, 3.8) is 0 Å². The van der Waals surface area contributed by atoms with Crippen molar-refractivity contribution in [1.29, 1.82) is 0 Å². The molecule has 0 bridgehead atoms. The van der Waals surface area contributed by atoms with Crippen LogP contribution >= 0.6 is 11.8 Å². The number of nitrogens with one attached hydrogen (secondary N) is 1. The van der Waals surface area contributed by atoms with Crippen LogP contribution in [0.5, 0.6) is 11.5 Å². The van der Waals surface area contributed by atoms with E-state index in [9.17, 15) is 0 Å². The minimum atomic E-state index is 0.160. The average Bonchev–Trinajstić information content (AvgIpc) is 2.56. The van der Waals surface area contributed by atoms with E-state index in [1.54, 1.807) is 0 Å². The van der Waals surface area contributed by atoms with Gasteiger partial charge < -0.3 is 9.47 Å². The Kier molecular flexibility index (Phi) is 5.27. The second-order valence-electron chi connectivity index (χ2n) is 5.72. The predicted molar refractivity (Wildman–Crippen MR) is 86.8 cm³/mol. The molecule has 1 saturated carbocycles. The number of fused-ring (bicyclic) bond motifs is 1. The van der Waals surface area contributed by atoms with Gasteiger partial charge in [-0.25, -0.2) is 0 Å². The van der Waals surface area contributed by atoms with Crippen LogP contribution in [0.2, 0.25) is 0 Å². The van der Waals surface area contributed by atoms with E-state index in [0.717, 1.165) is 22.5 Å². The van der Waals surface area contributed by atoms with Gasteiger partial charge in [-0.15, -0.1) is 0 Å². The van der Waals surface area contributed by atoms with Gasteiger partial charge in [-0.2, -0.15) is 11.8 Å².